The first-order valence-corrected chi connectivity index (χ1v) is 15.6. The van der Waals surface area contributed by atoms with Gasteiger partial charge >= 0.3 is 0 Å². The molecule has 0 aromatic rings. The first-order valence-electron chi connectivity index (χ1n) is 15.6. The molecule has 7 heterocycles. The van der Waals surface area contributed by atoms with Gasteiger partial charge in [0.05, 0.1) is 39.1 Å². The smallest absolute Gasteiger partial charge is 0.200 e. The molecule has 270 valence electrons. The van der Waals surface area contributed by atoms with Gasteiger partial charge in [-0.1, -0.05) is 0 Å². The summed E-state index contributed by atoms with van der Waals surface area (Å²) in [6, 6.07) is 0. The van der Waals surface area contributed by atoms with E-state index in [1.165, 1.54) is 0 Å². The van der Waals surface area contributed by atoms with Gasteiger partial charge < -0.3 is 98.4 Å². The molecule has 7 rings (SSSR count). The summed E-state index contributed by atoms with van der Waals surface area (Å²) in [6.45, 7) is -1.27. The Hall–Kier alpha value is -0.800. The number of aliphatic hydroxyl groups excluding tert-OH is 10. The van der Waals surface area contributed by atoms with Gasteiger partial charge in [0.15, 0.2) is 18.9 Å². The molecule has 0 saturated carbocycles. The predicted molar refractivity (Wildman–Crippen MR) is 140 cm³/mol. The number of aliphatic hydroxyl groups is 10. The van der Waals surface area contributed by atoms with E-state index in [0.29, 0.717) is 6.61 Å². The van der Waals surface area contributed by atoms with Crippen LogP contribution in [0.5, 0.6) is 0 Å². The van der Waals surface area contributed by atoms with Gasteiger partial charge in [0.2, 0.25) is 5.79 Å². The van der Waals surface area contributed by atoms with Crippen LogP contribution in [0.1, 0.15) is 6.42 Å². The Labute approximate surface area is 266 Å². The maximum absolute atomic E-state index is 11.3. The van der Waals surface area contributed by atoms with E-state index in [4.69, 9.17) is 47.4 Å². The molecule has 0 aromatic heterocycles. The molecular formula is C27H42O20. The zero-order chi connectivity index (χ0) is 33.4. The molecule has 47 heavy (non-hydrogen) atoms. The Balaban J connectivity index is 1.05. The van der Waals surface area contributed by atoms with Crippen LogP contribution in [-0.2, 0) is 47.4 Å². The number of rotatable bonds is 10. The minimum absolute atomic E-state index is 0.0242. The number of hydrogen-bond acceptors (Lipinski definition) is 20. The number of fused-ring (bicyclic) bond motifs is 4. The third-order valence-electron chi connectivity index (χ3n) is 9.84. The van der Waals surface area contributed by atoms with Gasteiger partial charge in [0.1, 0.15) is 97.7 Å². The van der Waals surface area contributed by atoms with Gasteiger partial charge in [0, 0.05) is 6.42 Å². The standard InChI is InChI=1S/C27H42O20/c28-2-8-13(31)20(16(34)25(42-8)44-18-10-5-39-21(18)15(33)24(37)41-10)45-26-17(35)22-19(11(43-26)6-40-22)47-27(1-7-4-38-7)23(36)14(32)12(30)9(3-29)46-27/h7-26,28-37H,1-6H2/t7?,8-,9-,10+,11+,12+,13-,14+,15+,16-,17+,18+,19+,20+,21+,22+,23-,24-,25+,26+,27+/m1/s1. The average Bonchev–Trinajstić information content (AvgIpc) is 3.74. The second-order valence-corrected chi connectivity index (χ2v) is 12.9. The Morgan fingerprint density at radius 1 is 0.574 bits per heavy atom. The van der Waals surface area contributed by atoms with Crippen LogP contribution in [0.3, 0.4) is 0 Å². The third kappa shape index (κ3) is 6.14. The summed E-state index contributed by atoms with van der Waals surface area (Å²) in [5.41, 5.74) is 0. The second-order valence-electron chi connectivity index (χ2n) is 12.9. The van der Waals surface area contributed by atoms with Crippen molar-refractivity contribution in [3.63, 3.8) is 0 Å². The maximum atomic E-state index is 11.3. The summed E-state index contributed by atoms with van der Waals surface area (Å²) >= 11 is 0. The average molecular weight is 687 g/mol. The Kier molecular flexibility index (Phi) is 9.87. The Bertz CT molecular complexity index is 1080. The monoisotopic (exact) mass is 686 g/mol. The van der Waals surface area contributed by atoms with Crippen LogP contribution in [0.15, 0.2) is 0 Å². The molecular weight excluding hydrogens is 644 g/mol. The van der Waals surface area contributed by atoms with Crippen LogP contribution < -0.4 is 0 Å². The fourth-order valence-electron chi connectivity index (χ4n) is 7.18. The van der Waals surface area contributed by atoms with Crippen molar-refractivity contribution in [2.24, 2.45) is 0 Å². The van der Waals surface area contributed by atoms with Gasteiger partial charge in [-0.05, 0) is 0 Å². The van der Waals surface area contributed by atoms with Gasteiger partial charge in [-0.2, -0.15) is 0 Å². The normalized spacial score (nSPS) is 57.3. The van der Waals surface area contributed by atoms with Gasteiger partial charge in [-0.3, -0.25) is 0 Å². The fraction of sp³-hybridized carbons (Fsp3) is 1.00. The highest BCUT2D eigenvalue weighted by molar-refractivity contribution is 5.04. The summed E-state index contributed by atoms with van der Waals surface area (Å²) in [7, 11) is 0. The molecule has 20 nitrogen and oxygen atoms in total. The van der Waals surface area contributed by atoms with Crippen LogP contribution in [0, 0.1) is 0 Å². The Morgan fingerprint density at radius 2 is 1.19 bits per heavy atom. The highest BCUT2D eigenvalue weighted by Gasteiger charge is 2.62. The third-order valence-corrected chi connectivity index (χ3v) is 9.84. The van der Waals surface area contributed by atoms with Crippen LogP contribution in [-0.4, -0.2) is 213 Å². The summed E-state index contributed by atoms with van der Waals surface area (Å²) in [5, 5.41) is 105. The molecule has 4 bridgehead atoms. The van der Waals surface area contributed by atoms with Gasteiger partial charge in [0.25, 0.3) is 0 Å². The largest absolute Gasteiger partial charge is 0.394 e. The van der Waals surface area contributed by atoms with Crippen molar-refractivity contribution in [2.45, 2.75) is 135 Å². The zero-order valence-electron chi connectivity index (χ0n) is 24.8. The van der Waals surface area contributed by atoms with Crippen LogP contribution in [0.2, 0.25) is 0 Å². The second kappa shape index (κ2) is 13.4. The van der Waals surface area contributed by atoms with E-state index in [1.54, 1.807) is 0 Å². The highest BCUT2D eigenvalue weighted by Crippen LogP contribution is 2.43. The molecule has 21 atom stereocenters. The lowest BCUT2D eigenvalue weighted by Crippen LogP contribution is -2.69. The van der Waals surface area contributed by atoms with Crippen LogP contribution in [0.4, 0.5) is 0 Å². The molecule has 7 aliphatic rings. The molecule has 0 amide bonds. The molecule has 10 N–H and O–H groups in total. The van der Waals surface area contributed by atoms with Crippen molar-refractivity contribution in [1.82, 2.24) is 0 Å². The highest BCUT2D eigenvalue weighted by atomic mass is 16.8. The number of ether oxygens (including phenoxy) is 10. The molecule has 1 unspecified atom stereocenters. The molecule has 20 heteroatoms. The lowest BCUT2D eigenvalue weighted by atomic mass is 9.89. The lowest BCUT2D eigenvalue weighted by Gasteiger charge is -2.51. The molecule has 0 radical (unpaired) electrons. The van der Waals surface area contributed by atoms with Crippen molar-refractivity contribution in [1.29, 1.82) is 0 Å². The van der Waals surface area contributed by atoms with Gasteiger partial charge in [-0.25, -0.2) is 0 Å². The fourth-order valence-corrected chi connectivity index (χ4v) is 7.18. The number of epoxide rings is 1. The minimum Gasteiger partial charge on any atom is -0.394 e. The van der Waals surface area contributed by atoms with Crippen molar-refractivity contribution < 1.29 is 98.4 Å². The Morgan fingerprint density at radius 3 is 1.85 bits per heavy atom. The molecule has 0 aromatic carbocycles. The van der Waals surface area contributed by atoms with E-state index in [2.05, 4.69) is 0 Å². The first-order chi connectivity index (χ1) is 22.5. The van der Waals surface area contributed by atoms with Crippen molar-refractivity contribution in [2.75, 3.05) is 33.0 Å². The van der Waals surface area contributed by atoms with E-state index in [1.807, 2.05) is 0 Å². The van der Waals surface area contributed by atoms with E-state index in [0.717, 1.165) is 0 Å². The van der Waals surface area contributed by atoms with Crippen molar-refractivity contribution in [3.05, 3.63) is 0 Å². The maximum Gasteiger partial charge on any atom is 0.200 e. The van der Waals surface area contributed by atoms with E-state index in [-0.39, 0.29) is 19.6 Å². The molecule has 7 saturated heterocycles. The molecule has 7 aliphatic heterocycles. The van der Waals surface area contributed by atoms with Crippen molar-refractivity contribution >= 4 is 0 Å². The molecule has 7 fully saturated rings. The summed E-state index contributed by atoms with van der Waals surface area (Å²) < 4.78 is 57.2. The minimum atomic E-state index is -2.00. The van der Waals surface area contributed by atoms with Crippen LogP contribution in [0.25, 0.3) is 0 Å². The van der Waals surface area contributed by atoms with E-state index < -0.39 is 142 Å². The molecule has 0 spiro atoms. The van der Waals surface area contributed by atoms with Gasteiger partial charge in [-0.15, -0.1) is 0 Å². The topological polar surface area (TPSA) is 298 Å². The van der Waals surface area contributed by atoms with E-state index in [9.17, 15) is 51.1 Å². The zero-order valence-corrected chi connectivity index (χ0v) is 24.8. The number of hydrogen-bond donors (Lipinski definition) is 10. The summed E-state index contributed by atoms with van der Waals surface area (Å²) in [6.07, 6.45) is -27.1. The van der Waals surface area contributed by atoms with E-state index >= 15 is 0 Å². The predicted octanol–water partition coefficient (Wildman–Crippen LogP) is -7.50. The first kappa shape index (κ1) is 34.6. The van der Waals surface area contributed by atoms with Crippen molar-refractivity contribution in [3.8, 4) is 0 Å². The lowest BCUT2D eigenvalue weighted by molar-refractivity contribution is -0.401. The molecule has 0 aliphatic carbocycles. The summed E-state index contributed by atoms with van der Waals surface area (Å²) in [5.74, 6) is -2.00. The van der Waals surface area contributed by atoms with Crippen LogP contribution >= 0.6 is 0 Å². The SMILES string of the molecule is OC[C@H]1O[C@@](CC2CO2)(O[C@@H]2[C@H]3OC[C@@H]2O[C@@H](O[C@@H]2[C@@H](O)[C@H](O[C@@H]4[C@H]5OC[C@@H]4O[C@@H](O)[C@H]5O)O[C@H](CO)[C@H]2O)[C@H]3O)[C@H](O)[C@@H](O)[C@H]1O. The quantitative estimate of drug-likeness (QED) is 0.0955. The summed E-state index contributed by atoms with van der Waals surface area (Å²) in [4.78, 5) is 0.